The lowest BCUT2D eigenvalue weighted by atomic mass is 10.0. The number of nitrogens with zero attached hydrogens (tertiary/aromatic N) is 2. The molecule has 0 aliphatic carbocycles. The number of halogens is 1. The van der Waals surface area contributed by atoms with E-state index >= 15 is 0 Å². The maximum Gasteiger partial charge on any atom is 0.161 e. The number of aryl methyl sites for hydroxylation is 1. The molecule has 3 heteroatoms. The molecule has 0 saturated heterocycles. The van der Waals surface area contributed by atoms with E-state index < -0.39 is 0 Å². The van der Waals surface area contributed by atoms with Gasteiger partial charge in [-0.25, -0.2) is 9.97 Å². The largest absolute Gasteiger partial charge is 0.233 e. The molecule has 0 unspecified atom stereocenters. The van der Waals surface area contributed by atoms with Crippen molar-refractivity contribution in [2.24, 2.45) is 0 Å². The SMILES string of the molecule is Cc1nc(-c2ccccc2)nc(Cl)c1C(C)C. The van der Waals surface area contributed by atoms with Gasteiger partial charge in [-0.1, -0.05) is 55.8 Å². The van der Waals surface area contributed by atoms with Gasteiger partial charge in [-0.15, -0.1) is 0 Å². The minimum Gasteiger partial charge on any atom is -0.233 e. The van der Waals surface area contributed by atoms with Crippen molar-refractivity contribution in [3.05, 3.63) is 46.7 Å². The van der Waals surface area contributed by atoms with E-state index in [1.165, 1.54) is 0 Å². The van der Waals surface area contributed by atoms with Crippen LogP contribution in [0.25, 0.3) is 11.4 Å². The Labute approximate surface area is 107 Å². The maximum atomic E-state index is 6.23. The van der Waals surface area contributed by atoms with E-state index in [-0.39, 0.29) is 0 Å². The lowest BCUT2D eigenvalue weighted by Crippen LogP contribution is -2.01. The topological polar surface area (TPSA) is 25.8 Å². The van der Waals surface area contributed by atoms with Crippen LogP contribution in [0.1, 0.15) is 31.0 Å². The van der Waals surface area contributed by atoms with Crippen LogP contribution < -0.4 is 0 Å². The van der Waals surface area contributed by atoms with Crippen LogP contribution in [0, 0.1) is 6.92 Å². The molecular weight excluding hydrogens is 232 g/mol. The molecule has 0 N–H and O–H groups in total. The summed E-state index contributed by atoms with van der Waals surface area (Å²) in [4.78, 5) is 8.91. The molecular formula is C14H15ClN2. The van der Waals surface area contributed by atoms with Crippen LogP contribution in [0.4, 0.5) is 0 Å². The summed E-state index contributed by atoms with van der Waals surface area (Å²) in [6, 6.07) is 9.89. The molecule has 0 spiro atoms. The van der Waals surface area contributed by atoms with Crippen LogP contribution >= 0.6 is 11.6 Å². The van der Waals surface area contributed by atoms with Gasteiger partial charge in [0.05, 0.1) is 0 Å². The molecule has 2 nitrogen and oxygen atoms in total. The Bertz CT molecular complexity index is 498. The second-order valence-corrected chi connectivity index (χ2v) is 4.72. The zero-order valence-electron chi connectivity index (χ0n) is 10.2. The third kappa shape index (κ3) is 2.47. The predicted molar refractivity (Wildman–Crippen MR) is 71.3 cm³/mol. The van der Waals surface area contributed by atoms with Gasteiger partial charge in [-0.05, 0) is 12.8 Å². The molecule has 0 aliphatic rings. The molecule has 0 fully saturated rings. The van der Waals surface area contributed by atoms with Crippen LogP contribution in [0.3, 0.4) is 0 Å². The number of rotatable bonds is 2. The average molecular weight is 247 g/mol. The standard InChI is InChI=1S/C14H15ClN2/c1-9(2)12-10(3)16-14(17-13(12)15)11-7-5-4-6-8-11/h4-9H,1-3H3. The van der Waals surface area contributed by atoms with Crippen molar-refractivity contribution < 1.29 is 0 Å². The van der Waals surface area contributed by atoms with Gasteiger partial charge >= 0.3 is 0 Å². The van der Waals surface area contributed by atoms with Crippen molar-refractivity contribution in [2.75, 3.05) is 0 Å². The van der Waals surface area contributed by atoms with Gasteiger partial charge in [0.15, 0.2) is 5.82 Å². The highest BCUT2D eigenvalue weighted by Gasteiger charge is 2.13. The molecule has 0 atom stereocenters. The summed E-state index contributed by atoms with van der Waals surface area (Å²) in [5, 5.41) is 0.561. The molecule has 0 saturated carbocycles. The molecule has 0 bridgehead atoms. The monoisotopic (exact) mass is 246 g/mol. The van der Waals surface area contributed by atoms with Crippen molar-refractivity contribution in [1.29, 1.82) is 0 Å². The van der Waals surface area contributed by atoms with Crippen LogP contribution in [-0.2, 0) is 0 Å². The Kier molecular flexibility index (Phi) is 3.43. The Morgan fingerprint density at radius 2 is 1.71 bits per heavy atom. The lowest BCUT2D eigenvalue weighted by Gasteiger charge is -2.12. The van der Waals surface area contributed by atoms with Crippen molar-refractivity contribution in [1.82, 2.24) is 9.97 Å². The quantitative estimate of drug-likeness (QED) is 0.741. The van der Waals surface area contributed by atoms with Gasteiger partial charge in [0.25, 0.3) is 0 Å². The molecule has 0 aliphatic heterocycles. The Hall–Kier alpha value is -1.41. The van der Waals surface area contributed by atoms with Gasteiger partial charge in [-0.2, -0.15) is 0 Å². The van der Waals surface area contributed by atoms with Gasteiger partial charge in [0, 0.05) is 16.8 Å². The lowest BCUT2D eigenvalue weighted by molar-refractivity contribution is 0.831. The molecule has 2 rings (SSSR count). The highest BCUT2D eigenvalue weighted by atomic mass is 35.5. The minimum atomic E-state index is 0.340. The zero-order valence-corrected chi connectivity index (χ0v) is 11.0. The number of aromatic nitrogens is 2. The first kappa shape index (κ1) is 12.1. The summed E-state index contributed by atoms with van der Waals surface area (Å²) in [6.07, 6.45) is 0. The maximum absolute atomic E-state index is 6.23. The molecule has 17 heavy (non-hydrogen) atoms. The fourth-order valence-corrected chi connectivity index (χ4v) is 2.35. The third-order valence-electron chi connectivity index (χ3n) is 2.70. The van der Waals surface area contributed by atoms with E-state index in [0.717, 1.165) is 16.8 Å². The fourth-order valence-electron chi connectivity index (χ4n) is 1.92. The van der Waals surface area contributed by atoms with Gasteiger partial charge in [0.2, 0.25) is 0 Å². The highest BCUT2D eigenvalue weighted by molar-refractivity contribution is 6.30. The van der Waals surface area contributed by atoms with E-state index in [2.05, 4.69) is 23.8 Å². The second kappa shape index (κ2) is 4.84. The van der Waals surface area contributed by atoms with Crippen molar-refractivity contribution >= 4 is 11.6 Å². The summed E-state index contributed by atoms with van der Waals surface area (Å²) in [7, 11) is 0. The molecule has 88 valence electrons. The summed E-state index contributed by atoms with van der Waals surface area (Å²) in [5.41, 5.74) is 2.98. The van der Waals surface area contributed by atoms with Crippen molar-refractivity contribution in [2.45, 2.75) is 26.7 Å². The predicted octanol–water partition coefficient (Wildman–Crippen LogP) is 4.23. The molecule has 1 heterocycles. The van der Waals surface area contributed by atoms with Crippen LogP contribution in [0.15, 0.2) is 30.3 Å². The number of benzene rings is 1. The highest BCUT2D eigenvalue weighted by Crippen LogP contribution is 2.27. The molecule has 2 aromatic rings. The first-order valence-electron chi connectivity index (χ1n) is 5.69. The molecule has 0 amide bonds. The van der Waals surface area contributed by atoms with E-state index in [9.17, 15) is 0 Å². The number of hydrogen-bond donors (Lipinski definition) is 0. The third-order valence-corrected chi connectivity index (χ3v) is 2.99. The summed E-state index contributed by atoms with van der Waals surface area (Å²) in [6.45, 7) is 6.18. The summed E-state index contributed by atoms with van der Waals surface area (Å²) < 4.78 is 0. The Balaban J connectivity index is 2.53. The smallest absolute Gasteiger partial charge is 0.161 e. The molecule has 1 aromatic carbocycles. The van der Waals surface area contributed by atoms with Gasteiger partial charge in [0.1, 0.15) is 5.15 Å². The van der Waals surface area contributed by atoms with E-state index in [4.69, 9.17) is 11.6 Å². The fraction of sp³-hybridized carbons (Fsp3) is 0.286. The normalized spacial score (nSPS) is 10.9. The minimum absolute atomic E-state index is 0.340. The van der Waals surface area contributed by atoms with E-state index in [1.807, 2.05) is 37.3 Å². The second-order valence-electron chi connectivity index (χ2n) is 4.36. The van der Waals surface area contributed by atoms with Crippen molar-refractivity contribution in [3.8, 4) is 11.4 Å². The number of hydrogen-bond acceptors (Lipinski definition) is 2. The van der Waals surface area contributed by atoms with Crippen molar-refractivity contribution in [3.63, 3.8) is 0 Å². The summed E-state index contributed by atoms with van der Waals surface area (Å²) >= 11 is 6.23. The van der Waals surface area contributed by atoms with Gasteiger partial charge < -0.3 is 0 Å². The summed E-state index contributed by atoms with van der Waals surface area (Å²) in [5.74, 6) is 1.03. The van der Waals surface area contributed by atoms with E-state index in [0.29, 0.717) is 16.9 Å². The Morgan fingerprint density at radius 3 is 2.24 bits per heavy atom. The Morgan fingerprint density at radius 1 is 1.06 bits per heavy atom. The van der Waals surface area contributed by atoms with E-state index in [1.54, 1.807) is 0 Å². The first-order chi connectivity index (χ1) is 8.09. The van der Waals surface area contributed by atoms with Crippen LogP contribution in [0.2, 0.25) is 5.15 Å². The molecule has 0 radical (unpaired) electrons. The van der Waals surface area contributed by atoms with Crippen LogP contribution in [0.5, 0.6) is 0 Å². The first-order valence-corrected chi connectivity index (χ1v) is 6.07. The van der Waals surface area contributed by atoms with Crippen LogP contribution in [-0.4, -0.2) is 9.97 Å². The van der Waals surface area contributed by atoms with Gasteiger partial charge in [-0.3, -0.25) is 0 Å². The average Bonchev–Trinajstić information content (AvgIpc) is 2.28. The molecule has 1 aromatic heterocycles. The zero-order chi connectivity index (χ0) is 12.4.